The molecule has 3 nitrogen and oxygen atoms in total. The van der Waals surface area contributed by atoms with E-state index >= 15 is 0 Å². The molecule has 0 aromatic heterocycles. The Labute approximate surface area is 224 Å². The second-order valence-electron chi connectivity index (χ2n) is 9.92. The van der Waals surface area contributed by atoms with Crippen LogP contribution in [-0.4, -0.2) is 12.6 Å². The van der Waals surface area contributed by atoms with Gasteiger partial charge in [0, 0.05) is 0 Å². The quantitative estimate of drug-likeness (QED) is 0.105. The van der Waals surface area contributed by atoms with Gasteiger partial charge in [0.25, 0.3) is 0 Å². The van der Waals surface area contributed by atoms with Gasteiger partial charge in [0.15, 0.2) is 0 Å². The van der Waals surface area contributed by atoms with Crippen LogP contribution in [0.2, 0.25) is 0 Å². The largest absolute Gasteiger partial charge is 0.494 e. The van der Waals surface area contributed by atoms with Crippen LogP contribution in [-0.2, 0) is 6.42 Å². The van der Waals surface area contributed by atoms with Crippen LogP contribution in [0.3, 0.4) is 0 Å². The minimum atomic E-state index is -0.356. The summed E-state index contributed by atoms with van der Waals surface area (Å²) in [5.74, 6) is 0.966. The van der Waals surface area contributed by atoms with Crippen LogP contribution in [0, 0.1) is 0 Å². The minimum absolute atomic E-state index is 0.356. The third-order valence-corrected chi connectivity index (χ3v) is 6.78. The van der Waals surface area contributed by atoms with Gasteiger partial charge in [-0.2, -0.15) is 0 Å². The smallest absolute Gasteiger partial charge is 0.343 e. The van der Waals surface area contributed by atoms with Crippen LogP contribution in [0.4, 0.5) is 0 Å². The summed E-state index contributed by atoms with van der Waals surface area (Å²) >= 11 is 0. The average Bonchev–Trinajstić information content (AvgIpc) is 2.94. The van der Waals surface area contributed by atoms with E-state index in [1.54, 1.807) is 12.1 Å². The van der Waals surface area contributed by atoms with Gasteiger partial charge in [-0.1, -0.05) is 108 Å². The number of aryl methyl sites for hydroxylation is 1. The molecule has 0 aliphatic heterocycles. The van der Waals surface area contributed by atoms with Crippen molar-refractivity contribution in [3.05, 3.63) is 83.9 Å². The number of carbonyl (C=O) groups is 1. The third kappa shape index (κ3) is 10.4. The number of hydrogen-bond acceptors (Lipinski definition) is 3. The van der Waals surface area contributed by atoms with Gasteiger partial charge < -0.3 is 9.47 Å². The first-order valence-corrected chi connectivity index (χ1v) is 14.3. The lowest BCUT2D eigenvalue weighted by molar-refractivity contribution is 0.0734. The molecule has 0 saturated carbocycles. The summed E-state index contributed by atoms with van der Waals surface area (Å²) in [6, 6.07) is 23.7. The van der Waals surface area contributed by atoms with Crippen LogP contribution in [0.25, 0.3) is 11.1 Å². The van der Waals surface area contributed by atoms with Gasteiger partial charge in [-0.25, -0.2) is 4.79 Å². The number of esters is 1. The molecule has 3 aromatic carbocycles. The van der Waals surface area contributed by atoms with Crippen molar-refractivity contribution in [1.82, 2.24) is 0 Å². The molecule has 0 aliphatic rings. The lowest BCUT2D eigenvalue weighted by atomic mass is 10.00. The van der Waals surface area contributed by atoms with Gasteiger partial charge in [0.05, 0.1) is 12.2 Å². The first-order valence-electron chi connectivity index (χ1n) is 14.3. The number of unbranched alkanes of at least 4 members (excludes halogenated alkanes) is 9. The summed E-state index contributed by atoms with van der Waals surface area (Å²) in [6.07, 6.45) is 15.1. The lowest BCUT2D eigenvalue weighted by Gasteiger charge is -2.09. The SMILES string of the molecule is CCCCCCCCc1ccc(-c2ccc(C(=O)Oc3ccc(OCCCCCCC)cc3)cc2)cc1. The molecular formula is C34H44O3. The van der Waals surface area contributed by atoms with E-state index in [4.69, 9.17) is 9.47 Å². The molecule has 3 rings (SSSR count). The second-order valence-corrected chi connectivity index (χ2v) is 9.92. The molecule has 37 heavy (non-hydrogen) atoms. The molecule has 3 aromatic rings. The molecule has 0 amide bonds. The Hall–Kier alpha value is -3.07. The maximum atomic E-state index is 12.6. The maximum Gasteiger partial charge on any atom is 0.343 e. The van der Waals surface area contributed by atoms with E-state index in [9.17, 15) is 4.79 Å². The van der Waals surface area contributed by atoms with Gasteiger partial charge in [-0.05, 0) is 72.4 Å². The number of ether oxygens (including phenoxy) is 2. The maximum absolute atomic E-state index is 12.6. The molecule has 0 aliphatic carbocycles. The molecule has 0 N–H and O–H groups in total. The summed E-state index contributed by atoms with van der Waals surface area (Å²) in [5.41, 5.74) is 4.19. The average molecular weight is 501 g/mol. The molecule has 0 unspecified atom stereocenters. The molecule has 0 radical (unpaired) electrons. The van der Waals surface area contributed by atoms with E-state index in [-0.39, 0.29) is 5.97 Å². The first kappa shape index (κ1) is 28.5. The monoisotopic (exact) mass is 500 g/mol. The predicted molar refractivity (Wildman–Crippen MR) is 155 cm³/mol. The molecule has 0 saturated heterocycles. The molecule has 0 fully saturated rings. The first-order chi connectivity index (χ1) is 18.2. The molecule has 0 heterocycles. The van der Waals surface area contributed by atoms with Crippen molar-refractivity contribution < 1.29 is 14.3 Å². The van der Waals surface area contributed by atoms with E-state index < -0.39 is 0 Å². The van der Waals surface area contributed by atoms with Crippen LogP contribution in [0.5, 0.6) is 11.5 Å². The predicted octanol–water partition coefficient (Wildman–Crippen LogP) is 9.82. The summed E-state index contributed by atoms with van der Waals surface area (Å²) in [4.78, 5) is 12.6. The molecule has 3 heteroatoms. The second kappa shape index (κ2) is 16.6. The summed E-state index contributed by atoms with van der Waals surface area (Å²) in [7, 11) is 0. The zero-order valence-corrected chi connectivity index (χ0v) is 22.8. The fourth-order valence-electron chi connectivity index (χ4n) is 4.44. The van der Waals surface area contributed by atoms with Gasteiger partial charge in [-0.3, -0.25) is 0 Å². The fourth-order valence-corrected chi connectivity index (χ4v) is 4.44. The Morgan fingerprint density at radius 2 is 1.08 bits per heavy atom. The number of carbonyl (C=O) groups excluding carboxylic acids is 1. The van der Waals surface area contributed by atoms with E-state index in [1.165, 1.54) is 69.8 Å². The van der Waals surface area contributed by atoms with Crippen LogP contribution >= 0.6 is 0 Å². The highest BCUT2D eigenvalue weighted by molar-refractivity contribution is 5.91. The Morgan fingerprint density at radius 3 is 1.70 bits per heavy atom. The Kier molecular flexibility index (Phi) is 12.8. The molecule has 198 valence electrons. The van der Waals surface area contributed by atoms with E-state index in [0.717, 1.165) is 36.3 Å². The highest BCUT2D eigenvalue weighted by Crippen LogP contribution is 2.23. The van der Waals surface area contributed by atoms with Crippen molar-refractivity contribution in [1.29, 1.82) is 0 Å². The van der Waals surface area contributed by atoms with Crippen LogP contribution in [0.1, 0.15) is 100 Å². The van der Waals surface area contributed by atoms with Crippen LogP contribution in [0.15, 0.2) is 72.8 Å². The lowest BCUT2D eigenvalue weighted by Crippen LogP contribution is -2.08. The third-order valence-electron chi connectivity index (χ3n) is 6.78. The fraction of sp³-hybridized carbons (Fsp3) is 0.441. The van der Waals surface area contributed by atoms with Crippen molar-refractivity contribution in [3.63, 3.8) is 0 Å². The highest BCUT2D eigenvalue weighted by Gasteiger charge is 2.09. The molecule has 0 atom stereocenters. The topological polar surface area (TPSA) is 35.5 Å². The van der Waals surface area contributed by atoms with Gasteiger partial charge in [0.2, 0.25) is 0 Å². The van der Waals surface area contributed by atoms with Crippen molar-refractivity contribution in [3.8, 4) is 22.6 Å². The number of benzene rings is 3. The molecular weight excluding hydrogens is 456 g/mol. The standard InChI is InChI=1S/C34H44O3/c1-3-5-7-9-10-12-14-28-15-17-29(18-16-28)30-19-21-31(22-20-30)34(35)37-33-25-23-32(24-26-33)36-27-13-11-8-6-4-2/h15-26H,3-14,27H2,1-2H3. The van der Waals surface area contributed by atoms with Crippen molar-refractivity contribution in [2.24, 2.45) is 0 Å². The van der Waals surface area contributed by atoms with Crippen molar-refractivity contribution in [2.45, 2.75) is 90.9 Å². The normalized spacial score (nSPS) is 10.9. The van der Waals surface area contributed by atoms with Gasteiger partial charge in [-0.15, -0.1) is 0 Å². The van der Waals surface area contributed by atoms with Crippen molar-refractivity contribution in [2.75, 3.05) is 6.61 Å². The Balaban J connectivity index is 1.43. The summed E-state index contributed by atoms with van der Waals surface area (Å²) in [6.45, 7) is 5.20. The highest BCUT2D eigenvalue weighted by atomic mass is 16.5. The summed E-state index contributed by atoms with van der Waals surface area (Å²) < 4.78 is 11.4. The van der Waals surface area contributed by atoms with E-state index in [1.807, 2.05) is 36.4 Å². The Bertz CT molecular complexity index is 1020. The van der Waals surface area contributed by atoms with Gasteiger partial charge >= 0.3 is 5.97 Å². The molecule has 0 bridgehead atoms. The number of rotatable bonds is 17. The van der Waals surface area contributed by atoms with E-state index in [0.29, 0.717) is 11.3 Å². The van der Waals surface area contributed by atoms with Crippen LogP contribution < -0.4 is 9.47 Å². The minimum Gasteiger partial charge on any atom is -0.494 e. The van der Waals surface area contributed by atoms with Gasteiger partial charge in [0.1, 0.15) is 11.5 Å². The van der Waals surface area contributed by atoms with Crippen molar-refractivity contribution >= 4 is 5.97 Å². The molecule has 0 spiro atoms. The zero-order valence-electron chi connectivity index (χ0n) is 22.8. The zero-order chi connectivity index (χ0) is 26.1. The Morgan fingerprint density at radius 1 is 0.568 bits per heavy atom. The summed E-state index contributed by atoms with van der Waals surface area (Å²) in [5, 5.41) is 0. The number of hydrogen-bond donors (Lipinski definition) is 0. The van der Waals surface area contributed by atoms with E-state index in [2.05, 4.69) is 38.1 Å².